The van der Waals surface area contributed by atoms with Crippen LogP contribution in [-0.2, 0) is 14.3 Å². The molecule has 1 aromatic rings. The van der Waals surface area contributed by atoms with Crippen molar-refractivity contribution in [2.45, 2.75) is 12.4 Å². The molecule has 2 heterocycles. The van der Waals surface area contributed by atoms with E-state index in [2.05, 4.69) is 0 Å². The van der Waals surface area contributed by atoms with E-state index in [4.69, 9.17) is 30.6 Å². The van der Waals surface area contributed by atoms with Gasteiger partial charge in [0.05, 0.1) is 6.61 Å². The molecular weight excluding hydrogens is 212 g/mol. The molecule has 1 aromatic heterocycles. The molecule has 1 aliphatic heterocycles. The molecule has 0 bridgehead atoms. The highest BCUT2D eigenvalue weighted by Crippen LogP contribution is 2.29. The van der Waals surface area contributed by atoms with Crippen molar-refractivity contribution in [2.24, 2.45) is 0 Å². The molecule has 14 heavy (non-hydrogen) atoms. The van der Waals surface area contributed by atoms with Crippen LogP contribution in [0, 0.1) is 0 Å². The van der Waals surface area contributed by atoms with Gasteiger partial charge in [-0.05, 0) is 23.7 Å². The van der Waals surface area contributed by atoms with Gasteiger partial charge in [-0.2, -0.15) is 0 Å². The van der Waals surface area contributed by atoms with Crippen LogP contribution < -0.4 is 0 Å². The molecule has 0 spiro atoms. The molecule has 0 saturated carbocycles. The third-order valence-electron chi connectivity index (χ3n) is 1.79. The fourth-order valence-electron chi connectivity index (χ4n) is 1.14. The Bertz CT molecular complexity index is 347. The van der Waals surface area contributed by atoms with Gasteiger partial charge in [-0.3, -0.25) is 0 Å². The zero-order valence-corrected chi connectivity index (χ0v) is 7.73. The molecule has 1 saturated heterocycles. The minimum Gasteiger partial charge on any atom is -0.479 e. The number of ether oxygens (including phenoxy) is 2. The number of furan rings is 1. The van der Waals surface area contributed by atoms with Crippen molar-refractivity contribution in [3.63, 3.8) is 0 Å². The lowest BCUT2D eigenvalue weighted by Crippen LogP contribution is -2.21. The molecule has 0 aliphatic carbocycles. The average Bonchev–Trinajstić information content (AvgIpc) is 2.70. The van der Waals surface area contributed by atoms with Crippen molar-refractivity contribution < 1.29 is 23.8 Å². The summed E-state index contributed by atoms with van der Waals surface area (Å²) >= 11 is 5.54. The smallest absolute Gasteiger partial charge is 0.335 e. The second-order valence-corrected chi connectivity index (χ2v) is 3.14. The summed E-state index contributed by atoms with van der Waals surface area (Å²) in [5, 5.41) is 8.84. The average molecular weight is 219 g/mol. The Labute approximate surface area is 84.2 Å². The predicted molar refractivity (Wildman–Crippen MR) is 44.9 cm³/mol. The van der Waals surface area contributed by atoms with E-state index in [1.54, 1.807) is 6.07 Å². The van der Waals surface area contributed by atoms with Gasteiger partial charge in [0.2, 0.25) is 6.29 Å². The second-order valence-electron chi connectivity index (χ2n) is 2.77. The van der Waals surface area contributed by atoms with Crippen LogP contribution in [0.4, 0.5) is 0 Å². The molecule has 1 fully saturated rings. The van der Waals surface area contributed by atoms with Gasteiger partial charge in [-0.15, -0.1) is 0 Å². The largest absolute Gasteiger partial charge is 0.479 e. The van der Waals surface area contributed by atoms with E-state index in [1.807, 2.05) is 0 Å². The summed E-state index contributed by atoms with van der Waals surface area (Å²) in [6, 6.07) is 3.12. The van der Waals surface area contributed by atoms with Gasteiger partial charge in [0.25, 0.3) is 0 Å². The molecule has 76 valence electrons. The maximum atomic E-state index is 10.5. The number of aliphatic carboxylic acids is 1. The highest BCUT2D eigenvalue weighted by atomic mass is 35.5. The van der Waals surface area contributed by atoms with Crippen molar-refractivity contribution in [3.05, 3.63) is 23.1 Å². The van der Waals surface area contributed by atoms with Crippen molar-refractivity contribution in [2.75, 3.05) is 6.61 Å². The highest BCUT2D eigenvalue weighted by Gasteiger charge is 2.34. The van der Waals surface area contributed by atoms with Gasteiger partial charge in [-0.25, -0.2) is 4.79 Å². The molecule has 6 heteroatoms. The lowest BCUT2D eigenvalue weighted by molar-refractivity contribution is -0.151. The monoisotopic (exact) mass is 218 g/mol. The minimum atomic E-state index is -1.05. The standard InChI is InChI=1S/C8H7ClO5/c9-6-2-1-4(13-6)8-12-3-5(14-8)7(10)11/h1-2,5,8H,3H2,(H,10,11). The summed E-state index contributed by atoms with van der Waals surface area (Å²) in [4.78, 5) is 10.5. The Hall–Kier alpha value is -1.04. The molecule has 1 aliphatic rings. The lowest BCUT2D eigenvalue weighted by Gasteiger charge is -2.05. The molecule has 2 atom stereocenters. The Balaban J connectivity index is 2.05. The zero-order valence-electron chi connectivity index (χ0n) is 6.97. The quantitative estimate of drug-likeness (QED) is 0.813. The molecule has 0 amide bonds. The number of hydrogen-bond donors (Lipinski definition) is 1. The first-order chi connectivity index (χ1) is 6.66. The number of carbonyl (C=O) groups is 1. The van der Waals surface area contributed by atoms with E-state index in [1.165, 1.54) is 6.07 Å². The van der Waals surface area contributed by atoms with E-state index in [9.17, 15) is 4.79 Å². The third-order valence-corrected chi connectivity index (χ3v) is 1.99. The summed E-state index contributed by atoms with van der Waals surface area (Å²) in [5.41, 5.74) is 0. The van der Waals surface area contributed by atoms with E-state index < -0.39 is 18.4 Å². The van der Waals surface area contributed by atoms with Crippen LogP contribution >= 0.6 is 11.6 Å². The lowest BCUT2D eigenvalue weighted by atomic mass is 10.4. The molecule has 1 N–H and O–H groups in total. The number of rotatable bonds is 2. The fourth-order valence-corrected chi connectivity index (χ4v) is 1.29. The first-order valence-corrected chi connectivity index (χ1v) is 4.29. The molecule has 2 unspecified atom stereocenters. The zero-order chi connectivity index (χ0) is 10.1. The van der Waals surface area contributed by atoms with Crippen molar-refractivity contribution >= 4 is 17.6 Å². The van der Waals surface area contributed by atoms with Crippen molar-refractivity contribution in [3.8, 4) is 0 Å². The highest BCUT2D eigenvalue weighted by molar-refractivity contribution is 6.28. The number of hydrogen-bond acceptors (Lipinski definition) is 4. The van der Waals surface area contributed by atoms with Gasteiger partial charge in [0.15, 0.2) is 17.1 Å². The Morgan fingerprint density at radius 1 is 1.57 bits per heavy atom. The molecule has 0 aromatic carbocycles. The van der Waals surface area contributed by atoms with Crippen molar-refractivity contribution in [1.29, 1.82) is 0 Å². The van der Waals surface area contributed by atoms with E-state index >= 15 is 0 Å². The molecule has 2 rings (SSSR count). The van der Waals surface area contributed by atoms with Crippen LogP contribution in [0.1, 0.15) is 12.1 Å². The first-order valence-electron chi connectivity index (χ1n) is 3.92. The van der Waals surface area contributed by atoms with Crippen LogP contribution in [0.15, 0.2) is 16.5 Å². The molecular formula is C8H7ClO5. The second kappa shape index (κ2) is 3.61. The fraction of sp³-hybridized carbons (Fsp3) is 0.375. The third kappa shape index (κ3) is 1.75. The summed E-state index contributed by atoms with van der Waals surface area (Å²) in [6.07, 6.45) is -1.72. The topological polar surface area (TPSA) is 68.9 Å². The number of carboxylic acid groups (broad SMARTS) is 1. The maximum Gasteiger partial charge on any atom is 0.335 e. The maximum absolute atomic E-state index is 10.5. The predicted octanol–water partition coefficient (Wildman–Crippen LogP) is 1.43. The van der Waals surface area contributed by atoms with Gasteiger partial charge in [0.1, 0.15) is 0 Å². The van der Waals surface area contributed by atoms with Gasteiger partial charge in [-0.1, -0.05) is 0 Å². The SMILES string of the molecule is O=C(O)C1COC(c2ccc(Cl)o2)O1. The van der Waals surface area contributed by atoms with Crippen molar-refractivity contribution in [1.82, 2.24) is 0 Å². The summed E-state index contributed by atoms with van der Waals surface area (Å²) in [7, 11) is 0. The van der Waals surface area contributed by atoms with Crippen LogP contribution in [0.5, 0.6) is 0 Å². The summed E-state index contributed by atoms with van der Waals surface area (Å²) in [5.74, 6) is -0.677. The van der Waals surface area contributed by atoms with E-state index in [0.717, 1.165) is 0 Å². The Morgan fingerprint density at radius 3 is 2.86 bits per heavy atom. The minimum absolute atomic E-state index is 0.0122. The Morgan fingerprint density at radius 2 is 2.36 bits per heavy atom. The van der Waals surface area contributed by atoms with Crippen LogP contribution in [-0.4, -0.2) is 23.8 Å². The Kier molecular flexibility index (Phi) is 2.45. The first kappa shape index (κ1) is 9.51. The van der Waals surface area contributed by atoms with Crippen LogP contribution in [0.3, 0.4) is 0 Å². The summed E-state index contributed by atoms with van der Waals surface area (Å²) in [6.45, 7) is 0.0122. The summed E-state index contributed by atoms with van der Waals surface area (Å²) < 4.78 is 15.1. The number of halogens is 1. The van der Waals surface area contributed by atoms with Crippen LogP contribution in [0.2, 0.25) is 5.22 Å². The van der Waals surface area contributed by atoms with Gasteiger partial charge >= 0.3 is 5.97 Å². The van der Waals surface area contributed by atoms with Crippen LogP contribution in [0.25, 0.3) is 0 Å². The normalized spacial score (nSPS) is 26.6. The van der Waals surface area contributed by atoms with Gasteiger partial charge < -0.3 is 19.0 Å². The van der Waals surface area contributed by atoms with E-state index in [-0.39, 0.29) is 11.8 Å². The number of carboxylic acids is 1. The molecule has 0 radical (unpaired) electrons. The molecule has 5 nitrogen and oxygen atoms in total. The van der Waals surface area contributed by atoms with Gasteiger partial charge in [0, 0.05) is 0 Å². The van der Waals surface area contributed by atoms with E-state index in [0.29, 0.717) is 5.76 Å².